The van der Waals surface area contributed by atoms with Crippen molar-refractivity contribution in [2.24, 2.45) is 0 Å². The third-order valence-electron chi connectivity index (χ3n) is 22.9. The Morgan fingerprint density at radius 3 is 1.33 bits per heavy atom. The summed E-state index contributed by atoms with van der Waals surface area (Å²) in [5.74, 6) is 0. The topological polar surface area (TPSA) is 50.8 Å². The maximum atomic E-state index is 9.97. The fourth-order valence-electron chi connectivity index (χ4n) is 17.5. The smallest absolute Gasteiger partial charge is 0.252 e. The van der Waals surface area contributed by atoms with Gasteiger partial charge in [0, 0.05) is 105 Å². The Hall–Kier alpha value is -12.8. The van der Waals surface area contributed by atoms with Crippen LogP contribution in [0.2, 0.25) is 0 Å². The molecule has 2 aliphatic rings. The molecule has 0 radical (unpaired) electrons. The Bertz CT molecular complexity index is 7310. The molecule has 7 heteroatoms. The predicted molar refractivity (Wildman–Crippen MR) is 460 cm³/mol. The molecule has 0 unspecified atom stereocenters. The first kappa shape index (κ1) is 56.5. The van der Waals surface area contributed by atoms with E-state index in [2.05, 4.69) is 291 Å². The largest absolute Gasteiger partial charge is 0.456 e. The van der Waals surface area contributed by atoms with Gasteiger partial charge in [0.15, 0.2) is 0 Å². The van der Waals surface area contributed by atoms with Gasteiger partial charge in [0.05, 0.1) is 33.4 Å². The minimum atomic E-state index is -0.580. The van der Waals surface area contributed by atoms with E-state index in [9.17, 15) is 8.22 Å². The average molecular weight is 1410 g/mol. The maximum Gasteiger partial charge on any atom is 0.252 e. The van der Waals surface area contributed by atoms with Crippen LogP contribution in [0.3, 0.4) is 0 Å². The van der Waals surface area contributed by atoms with E-state index in [0.29, 0.717) is 5.69 Å². The van der Waals surface area contributed by atoms with Gasteiger partial charge in [0.2, 0.25) is 0 Å². The summed E-state index contributed by atoms with van der Waals surface area (Å²) in [5, 5.41) is 5.88. The summed E-state index contributed by atoms with van der Waals surface area (Å²) in [6.07, 6.45) is 0. The monoisotopic (exact) mass is 1410 g/mol. The van der Waals surface area contributed by atoms with Gasteiger partial charge in [0.1, 0.15) is 33.5 Å². The number of hydrogen-bond acceptors (Lipinski definition) is 5. The molecule has 0 fully saturated rings. The maximum absolute atomic E-state index is 9.97. The van der Waals surface area contributed by atoms with Gasteiger partial charge >= 0.3 is 0 Å². The molecule has 6 heterocycles. The van der Waals surface area contributed by atoms with E-state index in [4.69, 9.17) is 16.0 Å². The highest BCUT2D eigenvalue weighted by atomic mass is 16.3. The number of para-hydroxylation sites is 7. The molecule has 0 atom stereocenters. The van der Waals surface area contributed by atoms with Gasteiger partial charge in [-0.2, -0.15) is 0 Å². The minimum absolute atomic E-state index is 0.00800. The van der Waals surface area contributed by atoms with E-state index in [-0.39, 0.29) is 33.9 Å². The van der Waals surface area contributed by atoms with E-state index in [0.717, 1.165) is 189 Å². The Kier molecular flexibility index (Phi) is 12.4. The van der Waals surface area contributed by atoms with Crippen LogP contribution >= 0.6 is 0 Å². The molecule has 0 aliphatic carbocycles. The molecule has 15 aromatic carbocycles. The molecule has 6 nitrogen and oxygen atoms in total. The molecule has 522 valence electrons. The Morgan fingerprint density at radius 1 is 0.303 bits per heavy atom. The molecule has 0 spiro atoms. The fourth-order valence-corrected chi connectivity index (χ4v) is 17.5. The first-order chi connectivity index (χ1) is 56.3. The molecular weight excluding hydrogens is 1330 g/mol. The highest BCUT2D eigenvalue weighted by Crippen LogP contribution is 2.58. The van der Waals surface area contributed by atoms with Gasteiger partial charge in [-0.25, -0.2) is 0 Å². The number of rotatable bonds is 8. The number of nitrogens with zero attached hydrogens (tertiary/aromatic N) is 3. The average Bonchev–Trinajstić information content (AvgIpc) is 1.40. The zero-order chi connectivity index (χ0) is 80.5. The first-order valence-corrected chi connectivity index (χ1v) is 37.6. The van der Waals surface area contributed by atoms with Crippen LogP contribution in [0.5, 0.6) is 0 Å². The summed E-state index contributed by atoms with van der Waals surface area (Å²) in [6.45, 7) is 19.9. The minimum Gasteiger partial charge on any atom is -0.456 e. The van der Waals surface area contributed by atoms with Gasteiger partial charge in [-0.3, -0.25) is 0 Å². The van der Waals surface area contributed by atoms with Crippen LogP contribution in [-0.2, 0) is 16.2 Å². The lowest BCUT2D eigenvalue weighted by molar-refractivity contribution is 0.590. The molecule has 19 aromatic rings. The van der Waals surface area contributed by atoms with E-state index in [1.54, 1.807) is 4.57 Å². The number of anilines is 6. The molecule has 0 amide bonds. The normalized spacial score (nSPS) is 14.2. The van der Waals surface area contributed by atoms with Crippen molar-refractivity contribution in [2.45, 2.75) is 78.6 Å². The van der Waals surface area contributed by atoms with Gasteiger partial charge in [-0.15, -0.1) is 0 Å². The van der Waals surface area contributed by atoms with Crippen LogP contribution in [0.1, 0.15) is 90.0 Å². The van der Waals surface area contributed by atoms with E-state index < -0.39 is 59.2 Å². The lowest BCUT2D eigenvalue weighted by Crippen LogP contribution is -2.61. The highest BCUT2D eigenvalue weighted by molar-refractivity contribution is 7.00. The fraction of sp³-hybridized carbons (Fsp3) is 0.118. The van der Waals surface area contributed by atoms with Crippen LogP contribution in [0.25, 0.3) is 149 Å². The molecule has 0 saturated carbocycles. The van der Waals surface area contributed by atoms with Crippen molar-refractivity contribution in [1.82, 2.24) is 4.57 Å². The summed E-state index contributed by atoms with van der Waals surface area (Å²) in [6, 6.07) is 89.3. The molecule has 0 bridgehead atoms. The van der Waals surface area contributed by atoms with Crippen LogP contribution in [0.15, 0.2) is 322 Å². The second-order valence-electron chi connectivity index (χ2n) is 32.5. The second-order valence-corrected chi connectivity index (χ2v) is 32.5. The van der Waals surface area contributed by atoms with Gasteiger partial charge in [-0.05, 0) is 163 Å². The van der Waals surface area contributed by atoms with Crippen LogP contribution in [0.4, 0.5) is 34.1 Å². The SMILES string of the molecule is [2H]c1c([2H])c([2H])c2c(c1[2H])c1c([2H])c([2H])c([2H])c([2H])c1n2-c1ccc2c(c1)N(c1c(-c3ccccc3)cc(C(C)(C)C)cc1-c1cccc3oc4ccccc4c13)c1cc(C(C)(C)C)cc3c1B2c1cc(-c2ccccc2)ccc1N3c1c(-c2cccc3c2oc2ccccc23)cc(C(C)(C)C)cc1-c1cccc2c1oc1ccccc12. The molecular formula is C102H78BN3O3. The van der Waals surface area contributed by atoms with Crippen LogP contribution < -0.4 is 26.2 Å². The van der Waals surface area contributed by atoms with Gasteiger partial charge < -0.3 is 27.6 Å². The standard InChI is InChI=1S/C102H78BN3O3/c1-100(2,3)64-54-78(62-31-14-11-15-32-62)96(79(55-64)72-38-28-48-93-94(72)77-37-20-25-47-92(77)107-93)106-87-60-67(104-84-43-21-16-33-68(84)69-34-17-22-44-85(69)104)50-51-82(87)103-83-53-63(61-29-12-10-13-30-61)49-52-86(83)105(88-58-66(102(7,8)9)59-89(106)95(88)103)97-80(75-41-26-39-73-70-35-18-23-45-90(70)108-98(73)75)56-65(101(4,5)6)57-81(97)76-42-27-40-74-71-36-19-24-46-91(71)109-99(74)76/h10-60H,1-9H3/i16D,17D,21D,22D,33D,34D,43D,44D. The number of fused-ring (bicyclic) bond motifs is 16. The summed E-state index contributed by atoms with van der Waals surface area (Å²) in [5.41, 5.74) is 24.3. The Morgan fingerprint density at radius 2 is 0.752 bits per heavy atom. The van der Waals surface area contributed by atoms with E-state index in [1.165, 1.54) is 0 Å². The molecule has 21 rings (SSSR count). The molecule has 109 heavy (non-hydrogen) atoms. The molecule has 0 saturated heterocycles. The molecule has 2 aliphatic heterocycles. The third kappa shape index (κ3) is 9.95. The predicted octanol–water partition coefficient (Wildman–Crippen LogP) is 26.8. The first-order valence-electron chi connectivity index (χ1n) is 41.6. The van der Waals surface area contributed by atoms with Crippen molar-refractivity contribution in [2.75, 3.05) is 9.80 Å². The Labute approximate surface area is 645 Å². The molecule has 4 aromatic heterocycles. The van der Waals surface area contributed by atoms with Crippen molar-refractivity contribution < 1.29 is 24.2 Å². The lowest BCUT2D eigenvalue weighted by atomic mass is 9.33. The van der Waals surface area contributed by atoms with Gasteiger partial charge in [0.25, 0.3) is 6.71 Å². The zero-order valence-electron chi connectivity index (χ0n) is 70.0. The zero-order valence-corrected chi connectivity index (χ0v) is 62.0. The number of hydrogen-bond donors (Lipinski definition) is 0. The van der Waals surface area contributed by atoms with Crippen molar-refractivity contribution >= 4 is 145 Å². The van der Waals surface area contributed by atoms with Crippen LogP contribution in [0, 0.1) is 0 Å². The summed E-state index contributed by atoms with van der Waals surface area (Å²) in [4.78, 5) is 5.02. The summed E-state index contributed by atoms with van der Waals surface area (Å²) in [7, 11) is 0. The quantitative estimate of drug-likeness (QED) is 0.142. The van der Waals surface area contributed by atoms with Crippen molar-refractivity contribution in [3.8, 4) is 61.3 Å². The van der Waals surface area contributed by atoms with Crippen molar-refractivity contribution in [1.29, 1.82) is 0 Å². The summed E-state index contributed by atoms with van der Waals surface area (Å²) < 4.78 is 99.5. The third-order valence-corrected chi connectivity index (χ3v) is 22.9. The highest BCUT2D eigenvalue weighted by Gasteiger charge is 2.47. The van der Waals surface area contributed by atoms with Crippen LogP contribution in [-0.4, -0.2) is 11.3 Å². The lowest BCUT2D eigenvalue weighted by Gasteiger charge is -2.47. The summed E-state index contributed by atoms with van der Waals surface area (Å²) >= 11 is 0. The van der Waals surface area contributed by atoms with Gasteiger partial charge in [-0.1, -0.05) is 281 Å². The van der Waals surface area contributed by atoms with Crippen molar-refractivity contribution in [3.63, 3.8) is 0 Å². The second kappa shape index (κ2) is 23.8. The van der Waals surface area contributed by atoms with Crippen molar-refractivity contribution in [3.05, 3.63) is 326 Å². The Balaban J connectivity index is 0.983. The molecule has 0 N–H and O–H groups in total. The number of furan rings is 3. The number of benzene rings is 15. The van der Waals surface area contributed by atoms with E-state index in [1.807, 2.05) is 42.5 Å². The van der Waals surface area contributed by atoms with E-state index >= 15 is 0 Å². The number of aromatic nitrogens is 1.